The minimum Gasteiger partial charge on any atom is -0.478 e. The van der Waals surface area contributed by atoms with Crippen molar-refractivity contribution in [2.75, 3.05) is 5.75 Å². The van der Waals surface area contributed by atoms with Crippen LogP contribution in [0.15, 0.2) is 17.0 Å². The number of aliphatic hydroxyl groups is 1. The van der Waals surface area contributed by atoms with Crippen molar-refractivity contribution in [1.82, 2.24) is 0 Å². The summed E-state index contributed by atoms with van der Waals surface area (Å²) >= 11 is 5.45. The number of sulfone groups is 1. The molecule has 0 spiro atoms. The van der Waals surface area contributed by atoms with Gasteiger partial charge in [0.25, 0.3) is 0 Å². The van der Waals surface area contributed by atoms with Crippen molar-refractivity contribution < 1.29 is 27.8 Å². The number of benzene rings is 1. The zero-order valence-corrected chi connectivity index (χ0v) is 11.5. The molecule has 0 aliphatic carbocycles. The van der Waals surface area contributed by atoms with Crippen LogP contribution in [0.1, 0.15) is 23.7 Å². The summed E-state index contributed by atoms with van der Waals surface area (Å²) in [5, 5.41) is 17.2. The van der Waals surface area contributed by atoms with Gasteiger partial charge in [0, 0.05) is 0 Å². The zero-order chi connectivity index (χ0) is 14.8. The first kappa shape index (κ1) is 15.9. The molecular formula is C11H12ClFO5S. The second-order valence-corrected chi connectivity index (χ2v) is 6.52. The maximum atomic E-state index is 13.4. The van der Waals surface area contributed by atoms with Gasteiger partial charge < -0.3 is 10.2 Å². The third kappa shape index (κ3) is 3.89. The van der Waals surface area contributed by atoms with Crippen LogP contribution in [0, 0.1) is 5.82 Å². The van der Waals surface area contributed by atoms with Gasteiger partial charge in [-0.05, 0) is 25.5 Å². The second kappa shape index (κ2) is 5.85. The Hall–Kier alpha value is -1.18. The molecule has 2 N–H and O–H groups in total. The summed E-state index contributed by atoms with van der Waals surface area (Å²) in [7, 11) is -3.87. The van der Waals surface area contributed by atoms with Crippen molar-refractivity contribution in [3.05, 3.63) is 28.5 Å². The fraction of sp³-hybridized carbons (Fsp3) is 0.364. The van der Waals surface area contributed by atoms with E-state index in [0.717, 1.165) is 6.07 Å². The van der Waals surface area contributed by atoms with Gasteiger partial charge in [-0.2, -0.15) is 0 Å². The minimum atomic E-state index is -3.87. The van der Waals surface area contributed by atoms with E-state index < -0.39 is 49.0 Å². The molecule has 1 aromatic carbocycles. The number of carboxylic acid groups (broad SMARTS) is 1. The molecule has 0 bridgehead atoms. The molecule has 0 radical (unpaired) electrons. The summed E-state index contributed by atoms with van der Waals surface area (Å²) in [5.74, 6) is -3.04. The number of carboxylic acids is 1. The number of aromatic carboxylic acids is 1. The van der Waals surface area contributed by atoms with Gasteiger partial charge in [-0.3, -0.25) is 0 Å². The molecular weight excluding hydrogens is 299 g/mol. The van der Waals surface area contributed by atoms with Crippen LogP contribution in [0.3, 0.4) is 0 Å². The summed E-state index contributed by atoms with van der Waals surface area (Å²) < 4.78 is 37.1. The molecule has 5 nitrogen and oxygen atoms in total. The summed E-state index contributed by atoms with van der Waals surface area (Å²) in [6, 6.07) is 1.48. The first-order valence-corrected chi connectivity index (χ1v) is 7.31. The molecule has 0 saturated carbocycles. The molecule has 0 amide bonds. The Morgan fingerprint density at radius 1 is 1.47 bits per heavy atom. The van der Waals surface area contributed by atoms with Crippen LogP contribution in [0.4, 0.5) is 4.39 Å². The Balaban J connectivity index is 3.25. The highest BCUT2D eigenvalue weighted by atomic mass is 35.5. The average molecular weight is 311 g/mol. The fourth-order valence-corrected chi connectivity index (χ4v) is 3.00. The summed E-state index contributed by atoms with van der Waals surface area (Å²) in [6.07, 6.45) is -0.861. The van der Waals surface area contributed by atoms with Crippen LogP contribution in [0.5, 0.6) is 0 Å². The molecule has 1 rings (SSSR count). The smallest absolute Gasteiger partial charge is 0.337 e. The van der Waals surface area contributed by atoms with Crippen LogP contribution in [0.2, 0.25) is 5.02 Å². The number of aliphatic hydroxyl groups excluding tert-OH is 1. The van der Waals surface area contributed by atoms with Gasteiger partial charge in [-0.15, -0.1) is 0 Å². The summed E-state index contributed by atoms with van der Waals surface area (Å²) in [4.78, 5) is 10.4. The fourth-order valence-electron chi connectivity index (χ4n) is 1.34. The van der Waals surface area contributed by atoms with Crippen molar-refractivity contribution in [3.63, 3.8) is 0 Å². The van der Waals surface area contributed by atoms with Crippen molar-refractivity contribution in [1.29, 1.82) is 0 Å². The Morgan fingerprint density at radius 2 is 2.05 bits per heavy atom. The maximum Gasteiger partial charge on any atom is 0.337 e. The molecule has 8 heteroatoms. The highest BCUT2D eigenvalue weighted by Crippen LogP contribution is 2.25. The number of hydrogen-bond acceptors (Lipinski definition) is 4. The molecule has 0 heterocycles. The minimum absolute atomic E-state index is 0.0328. The molecule has 0 aliphatic rings. The Kier molecular flexibility index (Phi) is 4.89. The van der Waals surface area contributed by atoms with Gasteiger partial charge in [0.05, 0.1) is 27.3 Å². The monoisotopic (exact) mass is 310 g/mol. The molecule has 0 aliphatic heterocycles. The van der Waals surface area contributed by atoms with Crippen LogP contribution >= 0.6 is 11.6 Å². The van der Waals surface area contributed by atoms with E-state index >= 15 is 0 Å². The molecule has 0 aromatic heterocycles. The predicted octanol–water partition coefficient (Wildman–Crippen LogP) is 1.72. The normalized spacial score (nSPS) is 13.3. The highest BCUT2D eigenvalue weighted by molar-refractivity contribution is 7.91. The average Bonchev–Trinajstić information content (AvgIpc) is 2.29. The zero-order valence-electron chi connectivity index (χ0n) is 9.93. The molecule has 19 heavy (non-hydrogen) atoms. The van der Waals surface area contributed by atoms with Crippen molar-refractivity contribution >= 4 is 27.4 Å². The SMILES string of the molecule is CC(O)CCS(=O)(=O)c1cc(F)c(Cl)c(C(=O)O)c1. The Labute approximate surface area is 114 Å². The quantitative estimate of drug-likeness (QED) is 0.864. The first-order chi connectivity index (χ1) is 8.65. The van der Waals surface area contributed by atoms with Crippen LogP contribution < -0.4 is 0 Å². The third-order valence-electron chi connectivity index (χ3n) is 2.40. The Bertz CT molecular complexity index is 597. The lowest BCUT2D eigenvalue weighted by Crippen LogP contribution is -2.14. The van der Waals surface area contributed by atoms with Gasteiger partial charge >= 0.3 is 5.97 Å². The van der Waals surface area contributed by atoms with Gasteiger partial charge in [-0.25, -0.2) is 17.6 Å². The molecule has 1 atom stereocenters. The van der Waals surface area contributed by atoms with Gasteiger partial charge in [0.15, 0.2) is 9.84 Å². The molecule has 0 saturated heterocycles. The van der Waals surface area contributed by atoms with Crippen LogP contribution in [-0.2, 0) is 9.84 Å². The molecule has 1 aromatic rings. The highest BCUT2D eigenvalue weighted by Gasteiger charge is 2.22. The van der Waals surface area contributed by atoms with Crippen LogP contribution in [0.25, 0.3) is 0 Å². The number of halogens is 2. The topological polar surface area (TPSA) is 91.7 Å². The lowest BCUT2D eigenvalue weighted by Gasteiger charge is -2.08. The van der Waals surface area contributed by atoms with E-state index in [9.17, 15) is 17.6 Å². The number of carbonyl (C=O) groups is 1. The predicted molar refractivity (Wildman–Crippen MR) is 66.7 cm³/mol. The lowest BCUT2D eigenvalue weighted by molar-refractivity contribution is 0.0696. The standard InChI is InChI=1S/C11H12ClFO5S/c1-6(14)2-3-19(17,18)7-4-8(11(15)16)10(12)9(13)5-7/h4-6,14H,2-3H2,1H3,(H,15,16). The van der Waals surface area contributed by atoms with E-state index in [2.05, 4.69) is 0 Å². The molecule has 1 unspecified atom stereocenters. The molecule has 0 fully saturated rings. The van der Waals surface area contributed by atoms with Crippen LogP contribution in [-0.4, -0.2) is 36.5 Å². The van der Waals surface area contributed by atoms with Gasteiger partial charge in [-0.1, -0.05) is 11.6 Å². The maximum absolute atomic E-state index is 13.4. The van der Waals surface area contributed by atoms with Crippen molar-refractivity contribution in [2.45, 2.75) is 24.3 Å². The lowest BCUT2D eigenvalue weighted by atomic mass is 10.2. The van der Waals surface area contributed by atoms with E-state index in [1.54, 1.807) is 0 Å². The Morgan fingerprint density at radius 3 is 2.53 bits per heavy atom. The van der Waals surface area contributed by atoms with Crippen molar-refractivity contribution in [3.8, 4) is 0 Å². The van der Waals surface area contributed by atoms with Gasteiger partial charge in [0.2, 0.25) is 0 Å². The van der Waals surface area contributed by atoms with E-state index in [-0.39, 0.29) is 6.42 Å². The second-order valence-electron chi connectivity index (χ2n) is 4.03. The van der Waals surface area contributed by atoms with Crippen molar-refractivity contribution in [2.24, 2.45) is 0 Å². The first-order valence-electron chi connectivity index (χ1n) is 5.28. The third-order valence-corrected chi connectivity index (χ3v) is 4.51. The summed E-state index contributed by atoms with van der Waals surface area (Å²) in [6.45, 7) is 1.42. The largest absolute Gasteiger partial charge is 0.478 e. The number of hydrogen-bond donors (Lipinski definition) is 2. The molecule has 106 valence electrons. The van der Waals surface area contributed by atoms with E-state index in [1.165, 1.54) is 6.92 Å². The summed E-state index contributed by atoms with van der Waals surface area (Å²) in [5.41, 5.74) is -0.614. The number of rotatable bonds is 5. The van der Waals surface area contributed by atoms with Gasteiger partial charge in [0.1, 0.15) is 5.82 Å². The van der Waals surface area contributed by atoms with E-state index in [0.29, 0.717) is 6.07 Å². The van der Waals surface area contributed by atoms with E-state index in [4.69, 9.17) is 21.8 Å². The van der Waals surface area contributed by atoms with E-state index in [1.807, 2.05) is 0 Å².